The van der Waals surface area contributed by atoms with Gasteiger partial charge in [0.2, 0.25) is 0 Å². The summed E-state index contributed by atoms with van der Waals surface area (Å²) < 4.78 is 0. The Balaban J connectivity index is 0.00000133. The number of nitrogens with one attached hydrogen (secondary N) is 1. The van der Waals surface area contributed by atoms with Crippen molar-refractivity contribution in [3.05, 3.63) is 24.3 Å². The van der Waals surface area contributed by atoms with Gasteiger partial charge in [0.05, 0.1) is 0 Å². The first-order valence-electron chi connectivity index (χ1n) is 7.24. The molecule has 3 rings (SSSR count). The van der Waals surface area contributed by atoms with Crippen LogP contribution in [-0.4, -0.2) is 39.3 Å². The molecule has 0 atom stereocenters. The third-order valence-corrected chi connectivity index (χ3v) is 4.01. The van der Waals surface area contributed by atoms with Crippen LogP contribution in [0.25, 0.3) is 0 Å². The zero-order chi connectivity index (χ0) is 12.2. The molecule has 106 valence electrons. The molecule has 0 unspecified atom stereocenters. The third kappa shape index (κ3) is 3.54. The summed E-state index contributed by atoms with van der Waals surface area (Å²) in [5.74, 6) is 0. The van der Waals surface area contributed by atoms with Crippen molar-refractivity contribution >= 4 is 23.8 Å². The van der Waals surface area contributed by atoms with Gasteiger partial charge >= 0.3 is 0 Å². The smallest absolute Gasteiger partial charge is 0.0387 e. The molecule has 1 aromatic carbocycles. The first kappa shape index (κ1) is 14.5. The molecule has 0 bridgehead atoms. The van der Waals surface area contributed by atoms with Crippen LogP contribution in [0.3, 0.4) is 0 Å². The minimum atomic E-state index is 0. The van der Waals surface area contributed by atoms with E-state index in [2.05, 4.69) is 39.4 Å². The number of nitrogens with zero attached hydrogens (tertiary/aromatic N) is 2. The van der Waals surface area contributed by atoms with Crippen molar-refractivity contribution in [3.63, 3.8) is 0 Å². The summed E-state index contributed by atoms with van der Waals surface area (Å²) in [5.41, 5.74) is 2.80. The highest BCUT2D eigenvalue weighted by molar-refractivity contribution is 5.85. The fourth-order valence-corrected chi connectivity index (χ4v) is 2.97. The van der Waals surface area contributed by atoms with E-state index in [1.165, 1.54) is 50.3 Å². The van der Waals surface area contributed by atoms with E-state index >= 15 is 0 Å². The van der Waals surface area contributed by atoms with Crippen molar-refractivity contribution in [2.75, 3.05) is 49.1 Å². The van der Waals surface area contributed by atoms with Gasteiger partial charge < -0.3 is 15.1 Å². The Morgan fingerprint density at radius 1 is 0.789 bits per heavy atom. The summed E-state index contributed by atoms with van der Waals surface area (Å²) in [4.78, 5) is 5.03. The standard InChI is InChI=1S/C15H23N3.ClH/c1-2-10-17(9-1)14-5-3-6-15(13-14)18-11-4-7-16-8-12-18;/h3,5-6,13,16H,1-2,4,7-12H2;1H. The summed E-state index contributed by atoms with van der Waals surface area (Å²) in [6.45, 7) is 7.02. The molecule has 2 heterocycles. The second kappa shape index (κ2) is 7.01. The van der Waals surface area contributed by atoms with E-state index in [4.69, 9.17) is 0 Å². The van der Waals surface area contributed by atoms with Gasteiger partial charge in [-0.3, -0.25) is 0 Å². The summed E-state index contributed by atoms with van der Waals surface area (Å²) >= 11 is 0. The molecule has 2 aliphatic rings. The van der Waals surface area contributed by atoms with E-state index in [-0.39, 0.29) is 12.4 Å². The summed E-state index contributed by atoms with van der Waals surface area (Å²) in [6.07, 6.45) is 3.93. The quantitative estimate of drug-likeness (QED) is 0.899. The van der Waals surface area contributed by atoms with Gasteiger partial charge in [-0.1, -0.05) is 6.07 Å². The highest BCUT2D eigenvalue weighted by Gasteiger charge is 2.14. The van der Waals surface area contributed by atoms with Crippen LogP contribution in [0.15, 0.2) is 24.3 Å². The van der Waals surface area contributed by atoms with Gasteiger partial charge in [-0.2, -0.15) is 0 Å². The molecule has 1 N–H and O–H groups in total. The van der Waals surface area contributed by atoms with E-state index < -0.39 is 0 Å². The Labute approximate surface area is 122 Å². The molecule has 0 saturated carbocycles. The normalized spacial score (nSPS) is 20.0. The van der Waals surface area contributed by atoms with Crippen LogP contribution in [0.2, 0.25) is 0 Å². The second-order valence-electron chi connectivity index (χ2n) is 5.30. The van der Waals surface area contributed by atoms with E-state index in [9.17, 15) is 0 Å². The van der Waals surface area contributed by atoms with E-state index in [0.717, 1.165) is 19.6 Å². The monoisotopic (exact) mass is 281 g/mol. The Morgan fingerprint density at radius 3 is 2.16 bits per heavy atom. The molecule has 0 aliphatic carbocycles. The maximum Gasteiger partial charge on any atom is 0.0387 e. The van der Waals surface area contributed by atoms with E-state index in [1.54, 1.807) is 0 Å². The Morgan fingerprint density at radius 2 is 1.42 bits per heavy atom. The van der Waals surface area contributed by atoms with Crippen LogP contribution in [0.5, 0.6) is 0 Å². The SMILES string of the molecule is Cl.c1cc(N2CCCC2)cc(N2CCCNCC2)c1. The van der Waals surface area contributed by atoms with Crippen LogP contribution >= 0.6 is 12.4 Å². The van der Waals surface area contributed by atoms with Crippen LogP contribution < -0.4 is 15.1 Å². The van der Waals surface area contributed by atoms with Crippen molar-refractivity contribution in [1.82, 2.24) is 5.32 Å². The molecule has 2 saturated heterocycles. The van der Waals surface area contributed by atoms with E-state index in [1.807, 2.05) is 0 Å². The molecular weight excluding hydrogens is 258 g/mol. The zero-order valence-electron chi connectivity index (χ0n) is 11.5. The lowest BCUT2D eigenvalue weighted by molar-refractivity contribution is 0.724. The first-order chi connectivity index (χ1) is 8.93. The van der Waals surface area contributed by atoms with Crippen molar-refractivity contribution in [3.8, 4) is 0 Å². The molecule has 19 heavy (non-hydrogen) atoms. The lowest BCUT2D eigenvalue weighted by Gasteiger charge is -2.25. The average Bonchev–Trinajstić information content (AvgIpc) is 2.82. The van der Waals surface area contributed by atoms with Gasteiger partial charge in [-0.05, 0) is 44.0 Å². The highest BCUT2D eigenvalue weighted by atomic mass is 35.5. The number of hydrogen-bond acceptors (Lipinski definition) is 3. The molecule has 0 amide bonds. The fraction of sp³-hybridized carbons (Fsp3) is 0.600. The molecule has 2 fully saturated rings. The van der Waals surface area contributed by atoms with Crippen molar-refractivity contribution in [1.29, 1.82) is 0 Å². The first-order valence-corrected chi connectivity index (χ1v) is 7.24. The van der Waals surface area contributed by atoms with Gasteiger partial charge in [-0.15, -0.1) is 12.4 Å². The lowest BCUT2D eigenvalue weighted by atomic mass is 10.2. The molecule has 2 aliphatic heterocycles. The Hall–Kier alpha value is -0.930. The third-order valence-electron chi connectivity index (χ3n) is 4.01. The Kier molecular flexibility index (Phi) is 5.34. The summed E-state index contributed by atoms with van der Waals surface area (Å²) in [6, 6.07) is 9.09. The predicted octanol–water partition coefficient (Wildman–Crippen LogP) is 2.51. The molecule has 0 radical (unpaired) electrons. The average molecular weight is 282 g/mol. The van der Waals surface area contributed by atoms with Crippen LogP contribution in [0.4, 0.5) is 11.4 Å². The Bertz CT molecular complexity index is 383. The molecule has 1 aromatic rings. The van der Waals surface area contributed by atoms with Crippen molar-refractivity contribution in [2.45, 2.75) is 19.3 Å². The molecular formula is C15H24ClN3. The molecule has 0 aromatic heterocycles. The number of anilines is 2. The van der Waals surface area contributed by atoms with Gasteiger partial charge in [0, 0.05) is 44.1 Å². The second-order valence-corrected chi connectivity index (χ2v) is 5.30. The maximum atomic E-state index is 3.46. The summed E-state index contributed by atoms with van der Waals surface area (Å²) in [7, 11) is 0. The number of rotatable bonds is 2. The lowest BCUT2D eigenvalue weighted by Crippen LogP contribution is -2.28. The fourth-order valence-electron chi connectivity index (χ4n) is 2.97. The maximum absolute atomic E-state index is 3.46. The topological polar surface area (TPSA) is 18.5 Å². The van der Waals surface area contributed by atoms with Gasteiger partial charge in [0.15, 0.2) is 0 Å². The van der Waals surface area contributed by atoms with E-state index in [0.29, 0.717) is 0 Å². The minimum absolute atomic E-state index is 0. The summed E-state index contributed by atoms with van der Waals surface area (Å²) in [5, 5.41) is 3.46. The van der Waals surface area contributed by atoms with Gasteiger partial charge in [0.25, 0.3) is 0 Å². The van der Waals surface area contributed by atoms with Crippen LogP contribution in [-0.2, 0) is 0 Å². The van der Waals surface area contributed by atoms with Crippen molar-refractivity contribution in [2.24, 2.45) is 0 Å². The van der Waals surface area contributed by atoms with Gasteiger partial charge in [-0.25, -0.2) is 0 Å². The molecule has 0 spiro atoms. The van der Waals surface area contributed by atoms with Crippen LogP contribution in [0, 0.1) is 0 Å². The largest absolute Gasteiger partial charge is 0.371 e. The molecule has 3 nitrogen and oxygen atoms in total. The highest BCUT2D eigenvalue weighted by Crippen LogP contribution is 2.25. The zero-order valence-corrected chi connectivity index (χ0v) is 12.3. The van der Waals surface area contributed by atoms with Crippen LogP contribution in [0.1, 0.15) is 19.3 Å². The number of hydrogen-bond donors (Lipinski definition) is 1. The predicted molar refractivity (Wildman–Crippen MR) is 84.8 cm³/mol. The van der Waals surface area contributed by atoms with Gasteiger partial charge in [0.1, 0.15) is 0 Å². The number of benzene rings is 1. The molecule has 4 heteroatoms. The number of halogens is 1. The van der Waals surface area contributed by atoms with Crippen molar-refractivity contribution < 1.29 is 0 Å². The minimum Gasteiger partial charge on any atom is -0.371 e.